The van der Waals surface area contributed by atoms with Crippen molar-refractivity contribution >= 4 is 40.8 Å². The van der Waals surface area contributed by atoms with Crippen LogP contribution < -0.4 is 10.2 Å². The standard InChI is InChI=1S/C17H17ClN4O3/c18-11-1-3-14-10(7-11)8-12-9-21(5-6-22(12)14)15(23)4-2-13-16(24)20-17(25)19-13/h1,3,7,12H,2,4-6,8-9H2,(H,20,24,25). The molecular weight excluding hydrogens is 344 g/mol. The van der Waals surface area contributed by atoms with E-state index in [1.54, 1.807) is 0 Å². The SMILES string of the molecule is O=C1N=C(CCC(=O)N2CCN3c4ccc(Cl)cc4CC3C2)C(=O)N1. The van der Waals surface area contributed by atoms with Crippen LogP contribution in [-0.2, 0) is 16.0 Å². The van der Waals surface area contributed by atoms with Gasteiger partial charge in [-0.2, -0.15) is 4.99 Å². The molecule has 1 saturated heterocycles. The Bertz CT molecular complexity index is 807. The first kappa shape index (κ1) is 16.1. The van der Waals surface area contributed by atoms with E-state index in [-0.39, 0.29) is 30.5 Å². The zero-order valence-electron chi connectivity index (χ0n) is 13.5. The number of halogens is 1. The van der Waals surface area contributed by atoms with Crippen molar-refractivity contribution in [3.8, 4) is 0 Å². The zero-order chi connectivity index (χ0) is 17.6. The maximum atomic E-state index is 12.5. The molecule has 0 bridgehead atoms. The van der Waals surface area contributed by atoms with E-state index >= 15 is 0 Å². The lowest BCUT2D eigenvalue weighted by molar-refractivity contribution is -0.131. The number of benzene rings is 1. The van der Waals surface area contributed by atoms with E-state index in [2.05, 4.69) is 15.2 Å². The number of urea groups is 1. The summed E-state index contributed by atoms with van der Waals surface area (Å²) < 4.78 is 0. The molecule has 3 aliphatic rings. The number of carbonyl (C=O) groups excluding carboxylic acids is 3. The number of hydrogen-bond donors (Lipinski definition) is 1. The van der Waals surface area contributed by atoms with Crippen LogP contribution in [0.5, 0.6) is 0 Å². The van der Waals surface area contributed by atoms with Crippen LogP contribution in [0.3, 0.4) is 0 Å². The lowest BCUT2D eigenvalue weighted by atomic mass is 10.1. The van der Waals surface area contributed by atoms with Gasteiger partial charge < -0.3 is 9.80 Å². The Kier molecular flexibility index (Phi) is 3.95. The van der Waals surface area contributed by atoms with E-state index in [0.717, 1.165) is 18.0 Å². The van der Waals surface area contributed by atoms with E-state index in [4.69, 9.17) is 11.6 Å². The summed E-state index contributed by atoms with van der Waals surface area (Å²) in [6.07, 6.45) is 1.26. The number of nitrogens with one attached hydrogen (secondary N) is 1. The van der Waals surface area contributed by atoms with Gasteiger partial charge in [0.1, 0.15) is 5.71 Å². The molecule has 0 aliphatic carbocycles. The van der Waals surface area contributed by atoms with Crippen LogP contribution in [0.25, 0.3) is 0 Å². The number of fused-ring (bicyclic) bond motifs is 3. The van der Waals surface area contributed by atoms with Gasteiger partial charge in [-0.25, -0.2) is 4.79 Å². The largest absolute Gasteiger partial charge is 0.364 e. The second kappa shape index (κ2) is 6.15. The number of nitrogens with zero attached hydrogens (tertiary/aromatic N) is 3. The highest BCUT2D eigenvalue weighted by atomic mass is 35.5. The van der Waals surface area contributed by atoms with Gasteiger partial charge in [-0.3, -0.25) is 14.9 Å². The molecule has 3 aliphatic heterocycles. The quantitative estimate of drug-likeness (QED) is 0.883. The average molecular weight is 361 g/mol. The Hall–Kier alpha value is -2.41. The third-order valence-corrected chi connectivity index (χ3v) is 5.17. The Morgan fingerprint density at radius 3 is 2.92 bits per heavy atom. The summed E-state index contributed by atoms with van der Waals surface area (Å²) in [5.74, 6) is -0.505. The molecule has 4 amide bonds. The highest BCUT2D eigenvalue weighted by Crippen LogP contribution is 2.35. The van der Waals surface area contributed by atoms with Gasteiger partial charge in [0.15, 0.2) is 0 Å². The van der Waals surface area contributed by atoms with Crippen LogP contribution in [0, 0.1) is 0 Å². The van der Waals surface area contributed by atoms with E-state index < -0.39 is 11.9 Å². The summed E-state index contributed by atoms with van der Waals surface area (Å²) in [5, 5.41) is 2.82. The smallest absolute Gasteiger partial charge is 0.348 e. The Morgan fingerprint density at radius 2 is 2.16 bits per heavy atom. The molecule has 1 fully saturated rings. The predicted octanol–water partition coefficient (Wildman–Crippen LogP) is 1.38. The highest BCUT2D eigenvalue weighted by molar-refractivity contribution is 6.46. The van der Waals surface area contributed by atoms with E-state index in [0.29, 0.717) is 13.1 Å². The van der Waals surface area contributed by atoms with Crippen LogP contribution in [-0.4, -0.2) is 54.1 Å². The third kappa shape index (κ3) is 3.00. The number of amides is 4. The summed E-state index contributed by atoms with van der Waals surface area (Å²) in [6, 6.07) is 5.55. The summed E-state index contributed by atoms with van der Waals surface area (Å²) in [7, 11) is 0. The molecule has 0 radical (unpaired) electrons. The van der Waals surface area contributed by atoms with Gasteiger partial charge in [0, 0.05) is 43.2 Å². The summed E-state index contributed by atoms with van der Waals surface area (Å²) >= 11 is 6.07. The molecule has 25 heavy (non-hydrogen) atoms. The van der Waals surface area contributed by atoms with Crippen LogP contribution in [0.1, 0.15) is 18.4 Å². The minimum atomic E-state index is -0.650. The van der Waals surface area contributed by atoms with E-state index in [1.807, 2.05) is 23.1 Å². The zero-order valence-corrected chi connectivity index (χ0v) is 14.3. The minimum absolute atomic E-state index is 0.0107. The highest BCUT2D eigenvalue weighted by Gasteiger charge is 2.35. The van der Waals surface area contributed by atoms with E-state index in [9.17, 15) is 14.4 Å². The van der Waals surface area contributed by atoms with Crippen molar-refractivity contribution in [2.75, 3.05) is 24.5 Å². The molecule has 7 nitrogen and oxygen atoms in total. The summed E-state index contributed by atoms with van der Waals surface area (Å²) in [4.78, 5) is 42.8. The van der Waals surface area contributed by atoms with Gasteiger partial charge in [-0.05, 0) is 30.2 Å². The number of anilines is 1. The number of imide groups is 1. The van der Waals surface area contributed by atoms with Crippen LogP contribution in [0.2, 0.25) is 5.02 Å². The first-order valence-corrected chi connectivity index (χ1v) is 8.65. The van der Waals surface area contributed by atoms with Gasteiger partial charge >= 0.3 is 6.03 Å². The van der Waals surface area contributed by atoms with Gasteiger partial charge in [-0.1, -0.05) is 11.6 Å². The first-order valence-electron chi connectivity index (χ1n) is 8.27. The molecule has 3 heterocycles. The Balaban J connectivity index is 1.37. The number of aliphatic imine (C=N–C) groups is 1. The topological polar surface area (TPSA) is 82.1 Å². The molecule has 1 N–H and O–H groups in total. The second-order valence-corrected chi connectivity index (χ2v) is 6.92. The molecule has 1 aromatic carbocycles. The third-order valence-electron chi connectivity index (χ3n) is 4.94. The van der Waals surface area contributed by atoms with Crippen molar-refractivity contribution in [2.24, 2.45) is 4.99 Å². The molecular formula is C17H17ClN4O3. The molecule has 1 atom stereocenters. The van der Waals surface area contributed by atoms with Crippen molar-refractivity contribution in [1.82, 2.24) is 10.2 Å². The van der Waals surface area contributed by atoms with Crippen molar-refractivity contribution in [3.05, 3.63) is 28.8 Å². The van der Waals surface area contributed by atoms with Gasteiger partial charge in [0.2, 0.25) is 5.91 Å². The predicted molar refractivity (Wildman–Crippen MR) is 93.1 cm³/mol. The monoisotopic (exact) mass is 360 g/mol. The van der Waals surface area contributed by atoms with Crippen molar-refractivity contribution in [1.29, 1.82) is 0 Å². The fourth-order valence-electron chi connectivity index (χ4n) is 3.75. The Labute approximate surface area is 149 Å². The molecule has 8 heteroatoms. The van der Waals surface area contributed by atoms with Crippen molar-refractivity contribution in [3.63, 3.8) is 0 Å². The first-order chi connectivity index (χ1) is 12.0. The number of hydrogen-bond acceptors (Lipinski definition) is 4. The summed E-state index contributed by atoms with van der Waals surface area (Å²) in [6.45, 7) is 2.09. The lowest BCUT2D eigenvalue weighted by Crippen LogP contribution is -2.53. The van der Waals surface area contributed by atoms with Crippen molar-refractivity contribution < 1.29 is 14.4 Å². The van der Waals surface area contributed by atoms with Crippen LogP contribution in [0.15, 0.2) is 23.2 Å². The minimum Gasteiger partial charge on any atom is -0.364 e. The maximum absolute atomic E-state index is 12.5. The molecule has 0 saturated carbocycles. The number of carbonyl (C=O) groups is 3. The normalized spacial score (nSPS) is 21.8. The fourth-order valence-corrected chi connectivity index (χ4v) is 3.94. The molecule has 0 aromatic heterocycles. The van der Waals surface area contributed by atoms with Gasteiger partial charge in [0.05, 0.1) is 6.04 Å². The Morgan fingerprint density at radius 1 is 1.32 bits per heavy atom. The lowest BCUT2D eigenvalue weighted by Gasteiger charge is -2.39. The average Bonchev–Trinajstić information content (AvgIpc) is 3.10. The van der Waals surface area contributed by atoms with Crippen molar-refractivity contribution in [2.45, 2.75) is 25.3 Å². The summed E-state index contributed by atoms with van der Waals surface area (Å²) in [5.41, 5.74) is 2.57. The number of rotatable bonds is 3. The molecule has 1 unspecified atom stereocenters. The van der Waals surface area contributed by atoms with Gasteiger partial charge in [-0.15, -0.1) is 0 Å². The second-order valence-electron chi connectivity index (χ2n) is 6.48. The molecule has 4 rings (SSSR count). The number of piperazine rings is 1. The molecule has 130 valence electrons. The van der Waals surface area contributed by atoms with Gasteiger partial charge in [0.25, 0.3) is 5.91 Å². The molecule has 1 aromatic rings. The fraction of sp³-hybridized carbons (Fsp3) is 0.412. The van der Waals surface area contributed by atoms with E-state index in [1.165, 1.54) is 11.3 Å². The molecule has 0 spiro atoms. The van der Waals surface area contributed by atoms with Crippen LogP contribution >= 0.6 is 11.6 Å². The maximum Gasteiger partial charge on any atom is 0.348 e. The van der Waals surface area contributed by atoms with Crippen LogP contribution in [0.4, 0.5) is 10.5 Å².